The second kappa shape index (κ2) is 6.22. The van der Waals surface area contributed by atoms with Gasteiger partial charge in [-0.25, -0.2) is 4.98 Å². The molecule has 1 fully saturated rings. The molecule has 5 nitrogen and oxygen atoms in total. The number of aromatic nitrogens is 2. The standard InChI is InChI=1S/C16H22N4OS/c1-11-20-14(9-22-11)12-7-13(18-8-12)15(21)19-10-16(2)3-5-17-6-4-16/h7-9,17-18H,3-6,10H2,1-2H3,(H,19,21). The van der Waals surface area contributed by atoms with Crippen LogP contribution in [0.4, 0.5) is 0 Å². The minimum Gasteiger partial charge on any atom is -0.357 e. The third kappa shape index (κ3) is 3.39. The number of carbonyl (C=O) groups is 1. The van der Waals surface area contributed by atoms with Gasteiger partial charge >= 0.3 is 0 Å². The summed E-state index contributed by atoms with van der Waals surface area (Å²) in [6, 6.07) is 1.87. The number of aromatic amines is 1. The first kappa shape index (κ1) is 15.2. The number of hydrogen-bond donors (Lipinski definition) is 3. The summed E-state index contributed by atoms with van der Waals surface area (Å²) in [4.78, 5) is 19.8. The first-order chi connectivity index (χ1) is 10.6. The third-order valence-electron chi connectivity index (χ3n) is 4.33. The highest BCUT2D eigenvalue weighted by atomic mass is 32.1. The quantitative estimate of drug-likeness (QED) is 0.811. The van der Waals surface area contributed by atoms with Crippen LogP contribution in [-0.4, -0.2) is 35.5 Å². The molecule has 118 valence electrons. The number of carbonyl (C=O) groups excluding carboxylic acids is 1. The maximum atomic E-state index is 12.3. The molecule has 0 spiro atoms. The summed E-state index contributed by atoms with van der Waals surface area (Å²) < 4.78 is 0. The van der Waals surface area contributed by atoms with E-state index in [1.54, 1.807) is 11.3 Å². The van der Waals surface area contributed by atoms with Crippen LogP contribution in [0.25, 0.3) is 11.3 Å². The van der Waals surface area contributed by atoms with Crippen LogP contribution in [0.2, 0.25) is 0 Å². The molecular weight excluding hydrogens is 296 g/mol. The van der Waals surface area contributed by atoms with Gasteiger partial charge in [-0.05, 0) is 44.3 Å². The van der Waals surface area contributed by atoms with E-state index in [1.165, 1.54) is 0 Å². The first-order valence-electron chi connectivity index (χ1n) is 7.66. The van der Waals surface area contributed by atoms with Crippen molar-refractivity contribution in [3.05, 3.63) is 28.3 Å². The van der Waals surface area contributed by atoms with Crippen molar-refractivity contribution >= 4 is 17.2 Å². The Bertz CT molecular complexity index is 655. The van der Waals surface area contributed by atoms with Gasteiger partial charge in [-0.2, -0.15) is 0 Å². The molecule has 0 aromatic carbocycles. The van der Waals surface area contributed by atoms with E-state index in [2.05, 4.69) is 27.5 Å². The zero-order valence-corrected chi connectivity index (χ0v) is 13.8. The molecule has 1 amide bonds. The van der Waals surface area contributed by atoms with Crippen LogP contribution in [0.3, 0.4) is 0 Å². The Kier molecular flexibility index (Phi) is 4.31. The highest BCUT2D eigenvalue weighted by Crippen LogP contribution is 2.27. The topological polar surface area (TPSA) is 69.8 Å². The van der Waals surface area contributed by atoms with Gasteiger partial charge in [0.2, 0.25) is 0 Å². The second-order valence-electron chi connectivity index (χ2n) is 6.30. The van der Waals surface area contributed by atoms with Crippen molar-refractivity contribution in [1.82, 2.24) is 20.6 Å². The van der Waals surface area contributed by atoms with Crippen LogP contribution in [0.5, 0.6) is 0 Å². The minimum absolute atomic E-state index is 0.0436. The van der Waals surface area contributed by atoms with Crippen molar-refractivity contribution < 1.29 is 4.79 Å². The highest BCUT2D eigenvalue weighted by molar-refractivity contribution is 7.09. The molecule has 0 radical (unpaired) electrons. The van der Waals surface area contributed by atoms with Gasteiger partial charge in [0.25, 0.3) is 5.91 Å². The fourth-order valence-corrected chi connectivity index (χ4v) is 3.39. The van der Waals surface area contributed by atoms with Crippen molar-refractivity contribution in [3.63, 3.8) is 0 Å². The normalized spacial score (nSPS) is 17.4. The van der Waals surface area contributed by atoms with Crippen LogP contribution in [0.1, 0.15) is 35.3 Å². The molecule has 1 saturated heterocycles. The molecule has 3 heterocycles. The number of piperidine rings is 1. The lowest BCUT2D eigenvalue weighted by atomic mass is 9.81. The van der Waals surface area contributed by atoms with E-state index in [-0.39, 0.29) is 11.3 Å². The Morgan fingerprint density at radius 3 is 2.91 bits per heavy atom. The maximum Gasteiger partial charge on any atom is 0.267 e. The number of nitrogens with one attached hydrogen (secondary N) is 3. The van der Waals surface area contributed by atoms with Gasteiger partial charge < -0.3 is 15.6 Å². The molecule has 2 aromatic heterocycles. The summed E-state index contributed by atoms with van der Waals surface area (Å²) in [5, 5.41) is 9.46. The molecule has 0 unspecified atom stereocenters. The molecule has 0 saturated carbocycles. The van der Waals surface area contributed by atoms with Crippen LogP contribution in [-0.2, 0) is 0 Å². The van der Waals surface area contributed by atoms with Gasteiger partial charge in [-0.15, -0.1) is 11.3 Å². The van der Waals surface area contributed by atoms with E-state index in [1.807, 2.05) is 24.6 Å². The second-order valence-corrected chi connectivity index (χ2v) is 7.36. The van der Waals surface area contributed by atoms with E-state index in [4.69, 9.17) is 0 Å². The van der Waals surface area contributed by atoms with Crippen molar-refractivity contribution in [3.8, 4) is 11.3 Å². The number of hydrogen-bond acceptors (Lipinski definition) is 4. The number of thiazole rings is 1. The lowest BCUT2D eigenvalue weighted by Crippen LogP contribution is -2.42. The summed E-state index contributed by atoms with van der Waals surface area (Å²) in [6.45, 7) is 7.00. The zero-order chi connectivity index (χ0) is 15.6. The van der Waals surface area contributed by atoms with Crippen molar-refractivity contribution in [2.24, 2.45) is 5.41 Å². The Labute approximate surface area is 134 Å². The third-order valence-corrected chi connectivity index (χ3v) is 5.10. The molecule has 1 aliphatic rings. The number of rotatable bonds is 4. The fourth-order valence-electron chi connectivity index (χ4n) is 2.77. The van der Waals surface area contributed by atoms with Crippen LogP contribution < -0.4 is 10.6 Å². The Balaban J connectivity index is 1.62. The zero-order valence-electron chi connectivity index (χ0n) is 13.0. The van der Waals surface area contributed by atoms with Gasteiger partial charge in [0.05, 0.1) is 10.7 Å². The molecule has 0 bridgehead atoms. The number of aryl methyl sites for hydroxylation is 1. The largest absolute Gasteiger partial charge is 0.357 e. The molecular formula is C16H22N4OS. The van der Waals surface area contributed by atoms with Crippen molar-refractivity contribution in [2.75, 3.05) is 19.6 Å². The average molecular weight is 318 g/mol. The molecule has 3 rings (SSSR count). The summed E-state index contributed by atoms with van der Waals surface area (Å²) in [5.74, 6) is -0.0436. The predicted octanol–water partition coefficient (Wildman–Crippen LogP) is 2.57. The molecule has 22 heavy (non-hydrogen) atoms. The van der Waals surface area contributed by atoms with E-state index < -0.39 is 0 Å². The number of amides is 1. The summed E-state index contributed by atoms with van der Waals surface area (Å²) in [6.07, 6.45) is 4.04. The molecule has 2 aromatic rings. The Hall–Kier alpha value is -1.66. The Morgan fingerprint density at radius 2 is 2.23 bits per heavy atom. The van der Waals surface area contributed by atoms with E-state index in [0.717, 1.165) is 48.7 Å². The van der Waals surface area contributed by atoms with Gasteiger partial charge in [0, 0.05) is 23.7 Å². The summed E-state index contributed by atoms with van der Waals surface area (Å²) in [7, 11) is 0. The van der Waals surface area contributed by atoms with Crippen molar-refractivity contribution in [1.29, 1.82) is 0 Å². The van der Waals surface area contributed by atoms with Crippen LogP contribution in [0.15, 0.2) is 17.6 Å². The fraction of sp³-hybridized carbons (Fsp3) is 0.500. The summed E-state index contributed by atoms with van der Waals surface area (Å²) in [5.41, 5.74) is 2.67. The van der Waals surface area contributed by atoms with E-state index in [9.17, 15) is 4.79 Å². The average Bonchev–Trinajstić information content (AvgIpc) is 3.14. The van der Waals surface area contributed by atoms with Crippen molar-refractivity contribution in [2.45, 2.75) is 26.7 Å². The molecule has 1 aliphatic heterocycles. The maximum absolute atomic E-state index is 12.3. The van der Waals surface area contributed by atoms with Crippen LogP contribution in [0, 0.1) is 12.3 Å². The van der Waals surface area contributed by atoms with Gasteiger partial charge in [0.1, 0.15) is 5.69 Å². The number of H-pyrrole nitrogens is 1. The Morgan fingerprint density at radius 1 is 1.45 bits per heavy atom. The molecule has 6 heteroatoms. The van der Waals surface area contributed by atoms with Gasteiger partial charge in [-0.3, -0.25) is 4.79 Å². The lowest BCUT2D eigenvalue weighted by molar-refractivity contribution is 0.0918. The summed E-state index contributed by atoms with van der Waals surface area (Å²) >= 11 is 1.61. The first-order valence-corrected chi connectivity index (χ1v) is 8.54. The van der Waals surface area contributed by atoms with E-state index in [0.29, 0.717) is 5.69 Å². The van der Waals surface area contributed by atoms with Gasteiger partial charge in [-0.1, -0.05) is 6.92 Å². The van der Waals surface area contributed by atoms with E-state index >= 15 is 0 Å². The molecule has 0 atom stereocenters. The smallest absolute Gasteiger partial charge is 0.267 e. The molecule has 0 aliphatic carbocycles. The SMILES string of the molecule is Cc1nc(-c2c[nH]c(C(=O)NCC3(C)CCNCC3)c2)cs1. The minimum atomic E-state index is -0.0436. The monoisotopic (exact) mass is 318 g/mol. The number of nitrogens with zero attached hydrogens (tertiary/aromatic N) is 1. The molecule has 3 N–H and O–H groups in total. The van der Waals surface area contributed by atoms with Crippen LogP contribution >= 0.6 is 11.3 Å². The van der Waals surface area contributed by atoms with Gasteiger partial charge in [0.15, 0.2) is 0 Å². The predicted molar refractivity (Wildman–Crippen MR) is 89.2 cm³/mol. The lowest BCUT2D eigenvalue weighted by Gasteiger charge is -2.34. The highest BCUT2D eigenvalue weighted by Gasteiger charge is 2.27.